The van der Waals surface area contributed by atoms with Gasteiger partial charge >= 0.3 is 0 Å². The minimum absolute atomic E-state index is 0. The highest BCUT2D eigenvalue weighted by molar-refractivity contribution is 14.0. The maximum absolute atomic E-state index is 5.95. The molecule has 29 heavy (non-hydrogen) atoms. The van der Waals surface area contributed by atoms with Crippen molar-refractivity contribution in [3.63, 3.8) is 0 Å². The van der Waals surface area contributed by atoms with Gasteiger partial charge in [-0.1, -0.05) is 18.2 Å². The van der Waals surface area contributed by atoms with Crippen molar-refractivity contribution in [2.45, 2.75) is 13.5 Å². The van der Waals surface area contributed by atoms with Crippen LogP contribution in [0.2, 0.25) is 0 Å². The summed E-state index contributed by atoms with van der Waals surface area (Å²) < 4.78 is 22.1. The molecule has 3 aromatic rings. The summed E-state index contributed by atoms with van der Waals surface area (Å²) in [7, 11) is 6.44. The van der Waals surface area contributed by atoms with Crippen molar-refractivity contribution in [2.75, 3.05) is 33.7 Å². The smallest absolute Gasteiger partial charge is 0.203 e. The van der Waals surface area contributed by atoms with Gasteiger partial charge in [0.05, 0.1) is 27.9 Å². The van der Waals surface area contributed by atoms with E-state index in [0.717, 1.165) is 28.0 Å². The van der Waals surface area contributed by atoms with Gasteiger partial charge in [0, 0.05) is 35.8 Å². The number of halogens is 1. The molecule has 0 bridgehead atoms. The molecule has 156 valence electrons. The summed E-state index contributed by atoms with van der Waals surface area (Å²) in [5, 5.41) is 7.62. The standard InChI is InChI=1S/C21H25N3O4.HI/c1-13-15-8-6-7-9-16(15)28-19(13)12-23-21(22-2)24-14-10-17(25-3)20(27-5)18(11-14)26-4;/h6-11H,12H2,1-5H3,(H2,22,23,24);1H. The number of nitrogens with zero attached hydrogens (tertiary/aromatic N) is 1. The molecule has 0 aliphatic heterocycles. The van der Waals surface area contributed by atoms with Crippen LogP contribution in [0.5, 0.6) is 17.2 Å². The van der Waals surface area contributed by atoms with Gasteiger partial charge in [0.15, 0.2) is 17.5 Å². The van der Waals surface area contributed by atoms with Crippen LogP contribution in [0.3, 0.4) is 0 Å². The molecule has 0 aliphatic carbocycles. The number of aliphatic imine (C=N–C) groups is 1. The molecule has 0 saturated heterocycles. The second kappa shape index (κ2) is 10.2. The topological polar surface area (TPSA) is 77.3 Å². The van der Waals surface area contributed by atoms with E-state index >= 15 is 0 Å². The lowest BCUT2D eigenvalue weighted by atomic mass is 10.1. The van der Waals surface area contributed by atoms with Crippen LogP contribution in [0, 0.1) is 6.92 Å². The van der Waals surface area contributed by atoms with Crippen molar-refractivity contribution >= 4 is 46.6 Å². The number of hydrogen-bond donors (Lipinski definition) is 2. The molecule has 0 radical (unpaired) electrons. The van der Waals surface area contributed by atoms with Crippen molar-refractivity contribution in [3.05, 3.63) is 47.7 Å². The molecule has 2 aromatic carbocycles. The third kappa shape index (κ3) is 4.87. The number of fused-ring (bicyclic) bond motifs is 1. The first-order valence-electron chi connectivity index (χ1n) is 8.86. The average Bonchev–Trinajstić information content (AvgIpc) is 3.06. The van der Waals surface area contributed by atoms with E-state index < -0.39 is 0 Å². The lowest BCUT2D eigenvalue weighted by Gasteiger charge is -2.16. The largest absolute Gasteiger partial charge is 0.493 e. The van der Waals surface area contributed by atoms with Crippen molar-refractivity contribution in [2.24, 2.45) is 4.99 Å². The van der Waals surface area contributed by atoms with Crippen LogP contribution in [0.4, 0.5) is 5.69 Å². The van der Waals surface area contributed by atoms with Gasteiger partial charge in [-0.3, -0.25) is 4.99 Å². The van der Waals surface area contributed by atoms with Gasteiger partial charge in [-0.2, -0.15) is 0 Å². The summed E-state index contributed by atoms with van der Waals surface area (Å²) in [5.74, 6) is 3.13. The minimum atomic E-state index is 0. The van der Waals surface area contributed by atoms with Gasteiger partial charge in [0.25, 0.3) is 0 Å². The van der Waals surface area contributed by atoms with Gasteiger partial charge in [0.1, 0.15) is 11.3 Å². The number of guanidine groups is 1. The molecule has 0 atom stereocenters. The van der Waals surface area contributed by atoms with E-state index in [2.05, 4.69) is 28.6 Å². The summed E-state index contributed by atoms with van der Waals surface area (Å²) in [4.78, 5) is 4.28. The number of furan rings is 1. The highest BCUT2D eigenvalue weighted by Gasteiger charge is 2.15. The molecule has 0 unspecified atom stereocenters. The third-order valence-electron chi connectivity index (χ3n) is 4.51. The summed E-state index contributed by atoms with van der Waals surface area (Å²) in [5.41, 5.74) is 2.75. The lowest BCUT2D eigenvalue weighted by Crippen LogP contribution is -2.30. The average molecular weight is 511 g/mol. The number of ether oxygens (including phenoxy) is 3. The van der Waals surface area contributed by atoms with E-state index in [0.29, 0.717) is 29.8 Å². The summed E-state index contributed by atoms with van der Waals surface area (Å²) >= 11 is 0. The number of rotatable bonds is 6. The quantitative estimate of drug-likeness (QED) is 0.287. The van der Waals surface area contributed by atoms with Crippen molar-refractivity contribution < 1.29 is 18.6 Å². The summed E-state index contributed by atoms with van der Waals surface area (Å²) in [6.07, 6.45) is 0. The van der Waals surface area contributed by atoms with Gasteiger partial charge < -0.3 is 29.3 Å². The SMILES string of the molecule is CN=C(NCc1oc2ccccc2c1C)Nc1cc(OC)c(OC)c(OC)c1.I. The second-order valence-corrected chi connectivity index (χ2v) is 6.11. The second-order valence-electron chi connectivity index (χ2n) is 6.11. The Labute approximate surface area is 187 Å². The molecule has 0 saturated carbocycles. The lowest BCUT2D eigenvalue weighted by molar-refractivity contribution is 0.324. The molecule has 0 amide bonds. The fourth-order valence-corrected chi connectivity index (χ4v) is 3.03. The highest BCUT2D eigenvalue weighted by Crippen LogP contribution is 2.39. The van der Waals surface area contributed by atoms with E-state index in [-0.39, 0.29) is 24.0 Å². The number of benzene rings is 2. The molecule has 1 aromatic heterocycles. The molecule has 3 rings (SSSR count). The monoisotopic (exact) mass is 511 g/mol. The van der Waals surface area contributed by atoms with Crippen LogP contribution in [0.25, 0.3) is 11.0 Å². The first-order chi connectivity index (χ1) is 13.6. The van der Waals surface area contributed by atoms with Crippen molar-refractivity contribution in [1.82, 2.24) is 5.32 Å². The number of methoxy groups -OCH3 is 3. The van der Waals surface area contributed by atoms with Crippen LogP contribution in [0.15, 0.2) is 45.8 Å². The normalized spacial score (nSPS) is 11.0. The zero-order valence-electron chi connectivity index (χ0n) is 17.2. The molecule has 0 spiro atoms. The Morgan fingerprint density at radius 1 is 1.03 bits per heavy atom. The molecule has 2 N–H and O–H groups in total. The van der Waals surface area contributed by atoms with Gasteiger partial charge in [-0.15, -0.1) is 24.0 Å². The van der Waals surface area contributed by atoms with Crippen LogP contribution in [0.1, 0.15) is 11.3 Å². The Kier molecular flexibility index (Phi) is 8.00. The summed E-state index contributed by atoms with van der Waals surface area (Å²) in [6, 6.07) is 11.6. The molecular formula is C21H26IN3O4. The number of hydrogen-bond acceptors (Lipinski definition) is 5. The maximum atomic E-state index is 5.95. The van der Waals surface area contributed by atoms with E-state index in [1.165, 1.54) is 0 Å². The first-order valence-corrected chi connectivity index (χ1v) is 8.86. The molecule has 1 heterocycles. The minimum Gasteiger partial charge on any atom is -0.493 e. The molecular weight excluding hydrogens is 485 g/mol. The Bertz CT molecular complexity index is 976. The molecule has 7 nitrogen and oxygen atoms in total. The van der Waals surface area contributed by atoms with Crippen LogP contribution >= 0.6 is 24.0 Å². The fourth-order valence-electron chi connectivity index (χ4n) is 3.03. The maximum Gasteiger partial charge on any atom is 0.203 e. The van der Waals surface area contributed by atoms with Crippen molar-refractivity contribution in [1.29, 1.82) is 0 Å². The highest BCUT2D eigenvalue weighted by atomic mass is 127. The number of anilines is 1. The number of nitrogens with one attached hydrogen (secondary N) is 2. The number of aryl methyl sites for hydroxylation is 1. The van der Waals surface area contributed by atoms with E-state index in [9.17, 15) is 0 Å². The van der Waals surface area contributed by atoms with Gasteiger partial charge in [-0.05, 0) is 13.0 Å². The van der Waals surface area contributed by atoms with Crippen LogP contribution in [-0.4, -0.2) is 34.3 Å². The first kappa shape index (κ1) is 22.7. The molecule has 8 heteroatoms. The van der Waals surface area contributed by atoms with Crippen LogP contribution < -0.4 is 24.8 Å². The van der Waals surface area contributed by atoms with Crippen molar-refractivity contribution in [3.8, 4) is 17.2 Å². The predicted octanol–water partition coefficient (Wildman–Crippen LogP) is 4.57. The van der Waals surface area contributed by atoms with E-state index in [1.807, 2.05) is 30.3 Å². The molecule has 0 fully saturated rings. The number of para-hydroxylation sites is 1. The Morgan fingerprint density at radius 3 is 2.24 bits per heavy atom. The Hall–Kier alpha value is -2.62. The van der Waals surface area contributed by atoms with E-state index in [1.54, 1.807) is 28.4 Å². The van der Waals surface area contributed by atoms with Gasteiger partial charge in [0.2, 0.25) is 5.75 Å². The Morgan fingerprint density at radius 2 is 1.69 bits per heavy atom. The fraction of sp³-hybridized carbons (Fsp3) is 0.286. The van der Waals surface area contributed by atoms with Gasteiger partial charge in [-0.25, -0.2) is 0 Å². The third-order valence-corrected chi connectivity index (χ3v) is 4.51. The zero-order valence-corrected chi connectivity index (χ0v) is 19.5. The summed E-state index contributed by atoms with van der Waals surface area (Å²) in [6.45, 7) is 2.56. The zero-order chi connectivity index (χ0) is 20.1. The Balaban J connectivity index is 0.00000300. The van der Waals surface area contributed by atoms with Crippen LogP contribution in [-0.2, 0) is 6.54 Å². The van der Waals surface area contributed by atoms with E-state index in [4.69, 9.17) is 18.6 Å². The predicted molar refractivity (Wildman–Crippen MR) is 126 cm³/mol. The molecule has 0 aliphatic rings.